The Hall–Kier alpha value is -4.31. The Bertz CT molecular complexity index is 1560. The Morgan fingerprint density at radius 2 is 1.95 bits per heavy atom. The molecule has 3 aromatic rings. The number of methoxy groups -OCH3 is 1. The number of fused-ring (bicyclic) bond motifs is 4. The zero-order chi connectivity index (χ0) is 29.1. The number of amides is 3. The fraction of sp³-hybridized carbons (Fsp3) is 0.267. The molecule has 212 valence electrons. The fourth-order valence-corrected chi connectivity index (χ4v) is 5.39. The summed E-state index contributed by atoms with van der Waals surface area (Å²) >= 11 is 5.88. The molecule has 0 saturated heterocycles. The number of halogens is 3. The average molecular weight is 581 g/mol. The third-order valence-electron chi connectivity index (χ3n) is 7.26. The van der Waals surface area contributed by atoms with Crippen molar-refractivity contribution in [3.8, 4) is 11.1 Å². The van der Waals surface area contributed by atoms with Crippen LogP contribution in [0.4, 0.5) is 19.3 Å². The van der Waals surface area contributed by atoms with Gasteiger partial charge in [-0.25, -0.2) is 13.6 Å². The van der Waals surface area contributed by atoms with Crippen LogP contribution in [0.1, 0.15) is 53.3 Å². The molecule has 2 bridgehead atoms. The molecule has 3 heterocycles. The fourth-order valence-electron chi connectivity index (χ4n) is 5.24. The number of hydrogen-bond acceptors (Lipinski definition) is 5. The highest BCUT2D eigenvalue weighted by Crippen LogP contribution is 2.36. The lowest BCUT2D eigenvalue weighted by molar-refractivity contribution is -0.129. The Kier molecular flexibility index (Phi) is 8.30. The maximum Gasteiger partial charge on any atom is 0.411 e. The molecule has 0 saturated carbocycles. The van der Waals surface area contributed by atoms with Gasteiger partial charge in [-0.15, -0.1) is 0 Å². The van der Waals surface area contributed by atoms with Crippen LogP contribution in [0.3, 0.4) is 0 Å². The number of carbonyl (C=O) groups excluding carboxylic acids is 3. The molecule has 2 aliphatic heterocycles. The molecular weight excluding hydrogens is 554 g/mol. The Balaban J connectivity index is 1.51. The van der Waals surface area contributed by atoms with Gasteiger partial charge in [0.05, 0.1) is 29.4 Å². The predicted octanol–water partition coefficient (Wildman–Crippen LogP) is 6.13. The molecule has 3 amide bonds. The number of aromatic nitrogens is 1. The van der Waals surface area contributed by atoms with E-state index in [0.29, 0.717) is 53.9 Å². The molecule has 2 aromatic carbocycles. The van der Waals surface area contributed by atoms with Gasteiger partial charge in [-0.2, -0.15) is 0 Å². The zero-order valence-electron chi connectivity index (χ0n) is 22.2. The van der Waals surface area contributed by atoms with Gasteiger partial charge >= 0.3 is 6.09 Å². The highest BCUT2D eigenvalue weighted by atomic mass is 35.5. The lowest BCUT2D eigenvalue weighted by Gasteiger charge is -2.34. The van der Waals surface area contributed by atoms with E-state index in [1.54, 1.807) is 35.4 Å². The lowest BCUT2D eigenvalue weighted by atomic mass is 9.93. The van der Waals surface area contributed by atoms with E-state index in [4.69, 9.17) is 11.6 Å². The maximum atomic E-state index is 14.7. The van der Waals surface area contributed by atoms with Crippen LogP contribution in [0, 0.1) is 11.6 Å². The standard InChI is InChI=1S/C30H27ClF2N4O4/c1-41-30(40)36-19-5-6-20-17-9-12-34-24(14-17)25(4-2-3-11-35-29(39)21(20)16-19)37-13-10-18(15-26(37)38)27-23(32)8-7-22(31)28(27)33/h5-9,12,14-16,25H,2-4,10-11,13H2,1H3,(H,35,39)(H,36,40). The predicted molar refractivity (Wildman–Crippen MR) is 150 cm³/mol. The number of ether oxygens (including phenoxy) is 1. The number of hydrogen-bond donors (Lipinski definition) is 2. The summed E-state index contributed by atoms with van der Waals surface area (Å²) in [6, 6.07) is 10.4. The minimum Gasteiger partial charge on any atom is -0.453 e. The van der Waals surface area contributed by atoms with Gasteiger partial charge in [0, 0.05) is 36.6 Å². The second-order valence-corrected chi connectivity index (χ2v) is 10.2. The van der Waals surface area contributed by atoms with Gasteiger partial charge in [-0.3, -0.25) is 19.9 Å². The van der Waals surface area contributed by atoms with E-state index in [0.717, 1.165) is 12.1 Å². The van der Waals surface area contributed by atoms with Crippen molar-refractivity contribution in [2.75, 3.05) is 25.5 Å². The summed E-state index contributed by atoms with van der Waals surface area (Å²) in [5.74, 6) is -2.31. The van der Waals surface area contributed by atoms with Gasteiger partial charge in [-0.05, 0) is 78.8 Å². The summed E-state index contributed by atoms with van der Waals surface area (Å²) in [5, 5.41) is 5.30. The first-order chi connectivity index (χ1) is 19.8. The van der Waals surface area contributed by atoms with Crippen molar-refractivity contribution in [2.45, 2.75) is 31.7 Å². The van der Waals surface area contributed by atoms with Crippen LogP contribution in [0.5, 0.6) is 0 Å². The average Bonchev–Trinajstić information content (AvgIpc) is 2.97. The van der Waals surface area contributed by atoms with Crippen LogP contribution in [0.15, 0.2) is 54.7 Å². The summed E-state index contributed by atoms with van der Waals surface area (Å²) < 4.78 is 33.8. The second-order valence-electron chi connectivity index (χ2n) is 9.78. The third-order valence-corrected chi connectivity index (χ3v) is 7.56. The molecule has 2 N–H and O–H groups in total. The summed E-state index contributed by atoms with van der Waals surface area (Å²) in [6.07, 6.45) is 4.40. The molecule has 11 heteroatoms. The molecular formula is C30H27ClF2N4O4. The van der Waals surface area contributed by atoms with E-state index >= 15 is 0 Å². The zero-order valence-corrected chi connectivity index (χ0v) is 22.9. The number of anilines is 1. The van der Waals surface area contributed by atoms with Crippen molar-refractivity contribution >= 4 is 40.8 Å². The second kappa shape index (κ2) is 12.1. The molecule has 8 nitrogen and oxygen atoms in total. The smallest absolute Gasteiger partial charge is 0.411 e. The molecule has 0 aliphatic carbocycles. The van der Waals surface area contributed by atoms with Gasteiger partial charge in [0.2, 0.25) is 5.91 Å². The lowest BCUT2D eigenvalue weighted by Crippen LogP contribution is -2.38. The topological polar surface area (TPSA) is 101 Å². The molecule has 1 aromatic heterocycles. The monoisotopic (exact) mass is 580 g/mol. The first-order valence-corrected chi connectivity index (χ1v) is 13.5. The first-order valence-electron chi connectivity index (χ1n) is 13.2. The normalized spacial score (nSPS) is 17.4. The first kappa shape index (κ1) is 28.2. The minimum atomic E-state index is -0.884. The summed E-state index contributed by atoms with van der Waals surface area (Å²) in [4.78, 5) is 44.5. The van der Waals surface area contributed by atoms with Crippen molar-refractivity contribution in [1.29, 1.82) is 0 Å². The van der Waals surface area contributed by atoms with E-state index < -0.39 is 23.8 Å². The molecule has 0 spiro atoms. The SMILES string of the molecule is COC(=O)Nc1ccc2c(c1)C(=O)NCCCCC(N1CCC(c3c(F)ccc(Cl)c3F)=CC1=O)c1cc-2ccn1. The van der Waals surface area contributed by atoms with E-state index in [1.807, 2.05) is 6.07 Å². The minimum absolute atomic E-state index is 0.210. The highest BCUT2D eigenvalue weighted by molar-refractivity contribution is 6.31. The summed E-state index contributed by atoms with van der Waals surface area (Å²) in [5.41, 5.74) is 2.71. The molecule has 5 rings (SSSR count). The number of rotatable bonds is 3. The Labute approximate surface area is 240 Å². The molecule has 41 heavy (non-hydrogen) atoms. The van der Waals surface area contributed by atoms with Gasteiger partial charge in [0.15, 0.2) is 5.82 Å². The van der Waals surface area contributed by atoms with Gasteiger partial charge < -0.3 is 15.0 Å². The van der Waals surface area contributed by atoms with Crippen LogP contribution in [0.2, 0.25) is 5.02 Å². The highest BCUT2D eigenvalue weighted by Gasteiger charge is 2.31. The van der Waals surface area contributed by atoms with Gasteiger partial charge in [0.1, 0.15) is 5.82 Å². The number of benzene rings is 2. The van der Waals surface area contributed by atoms with Gasteiger partial charge in [-0.1, -0.05) is 17.7 Å². The van der Waals surface area contributed by atoms with E-state index in [9.17, 15) is 23.2 Å². The number of pyridine rings is 1. The quantitative estimate of drug-likeness (QED) is 0.363. The van der Waals surface area contributed by atoms with Crippen LogP contribution in [0.25, 0.3) is 16.7 Å². The molecule has 1 atom stereocenters. The molecule has 0 fully saturated rings. The Morgan fingerprint density at radius 1 is 1.12 bits per heavy atom. The summed E-state index contributed by atoms with van der Waals surface area (Å²) in [6.45, 7) is 0.648. The number of carbonyl (C=O) groups is 3. The van der Waals surface area contributed by atoms with Crippen LogP contribution < -0.4 is 10.6 Å². The van der Waals surface area contributed by atoms with Crippen LogP contribution in [-0.4, -0.2) is 48.0 Å². The van der Waals surface area contributed by atoms with E-state index in [1.165, 1.54) is 13.2 Å². The number of nitrogens with one attached hydrogen (secondary N) is 2. The maximum absolute atomic E-state index is 14.7. The van der Waals surface area contributed by atoms with Crippen LogP contribution >= 0.6 is 11.6 Å². The molecule has 2 aliphatic rings. The van der Waals surface area contributed by atoms with Crippen LogP contribution in [-0.2, 0) is 9.53 Å². The Morgan fingerprint density at radius 3 is 2.73 bits per heavy atom. The van der Waals surface area contributed by atoms with Crippen molar-refractivity contribution < 1.29 is 27.9 Å². The van der Waals surface area contributed by atoms with Crippen molar-refractivity contribution in [1.82, 2.24) is 15.2 Å². The number of nitrogens with zero attached hydrogens (tertiary/aromatic N) is 2. The van der Waals surface area contributed by atoms with Gasteiger partial charge in [0.25, 0.3) is 5.91 Å². The third kappa shape index (κ3) is 5.92. The van der Waals surface area contributed by atoms with E-state index in [-0.39, 0.29) is 40.9 Å². The molecule has 0 radical (unpaired) electrons. The summed E-state index contributed by atoms with van der Waals surface area (Å²) in [7, 11) is 1.25. The van der Waals surface area contributed by atoms with E-state index in [2.05, 4.69) is 20.4 Å². The van der Waals surface area contributed by atoms with Crippen molar-refractivity contribution in [3.63, 3.8) is 0 Å². The largest absolute Gasteiger partial charge is 0.453 e. The van der Waals surface area contributed by atoms with Crippen molar-refractivity contribution in [3.05, 3.63) is 88.2 Å². The van der Waals surface area contributed by atoms with Crippen molar-refractivity contribution in [2.24, 2.45) is 0 Å². The molecule has 1 unspecified atom stereocenters.